The standard InChI is InChI=1S/C9H9N5O2/c1-6-4-11-8(12-7(6)15)13-9(16)14-3-2-10-5-14/h2-5H,1H3,(H2,11,12,13,15,16). The van der Waals surface area contributed by atoms with Crippen LogP contribution in [0.25, 0.3) is 0 Å². The quantitative estimate of drug-likeness (QED) is 0.724. The molecule has 16 heavy (non-hydrogen) atoms. The van der Waals surface area contributed by atoms with Crippen molar-refractivity contribution in [2.45, 2.75) is 6.92 Å². The van der Waals surface area contributed by atoms with E-state index in [4.69, 9.17) is 0 Å². The molecule has 0 spiro atoms. The van der Waals surface area contributed by atoms with Crippen LogP contribution in [0.15, 0.2) is 29.7 Å². The smallest absolute Gasteiger partial charge is 0.332 e. The van der Waals surface area contributed by atoms with Gasteiger partial charge in [-0.3, -0.25) is 14.7 Å². The van der Waals surface area contributed by atoms with Crippen LogP contribution in [-0.2, 0) is 0 Å². The first kappa shape index (κ1) is 10.1. The number of aromatic nitrogens is 4. The van der Waals surface area contributed by atoms with E-state index < -0.39 is 6.03 Å². The van der Waals surface area contributed by atoms with Crippen LogP contribution in [0.3, 0.4) is 0 Å². The van der Waals surface area contributed by atoms with Gasteiger partial charge in [-0.1, -0.05) is 0 Å². The molecule has 2 rings (SSSR count). The van der Waals surface area contributed by atoms with Gasteiger partial charge in [0.1, 0.15) is 6.33 Å². The first-order valence-electron chi connectivity index (χ1n) is 4.52. The Morgan fingerprint density at radius 3 is 3.00 bits per heavy atom. The lowest BCUT2D eigenvalue weighted by atomic mass is 10.4. The lowest BCUT2D eigenvalue weighted by Crippen LogP contribution is -2.22. The Morgan fingerprint density at radius 2 is 2.38 bits per heavy atom. The second-order valence-electron chi connectivity index (χ2n) is 3.14. The summed E-state index contributed by atoms with van der Waals surface area (Å²) in [5.41, 5.74) is 0.111. The van der Waals surface area contributed by atoms with Crippen LogP contribution in [-0.4, -0.2) is 25.6 Å². The van der Waals surface area contributed by atoms with Crippen molar-refractivity contribution in [2.75, 3.05) is 5.32 Å². The first-order chi connectivity index (χ1) is 7.66. The number of carbonyl (C=O) groups is 1. The van der Waals surface area contributed by atoms with Crippen molar-refractivity contribution in [3.05, 3.63) is 40.8 Å². The second-order valence-corrected chi connectivity index (χ2v) is 3.14. The highest BCUT2D eigenvalue weighted by Crippen LogP contribution is 1.96. The molecule has 82 valence electrons. The maximum absolute atomic E-state index is 11.5. The summed E-state index contributed by atoms with van der Waals surface area (Å²) in [6, 6.07) is -0.440. The molecule has 0 atom stereocenters. The molecule has 0 unspecified atom stereocenters. The average molecular weight is 219 g/mol. The number of nitrogens with zero attached hydrogens (tertiary/aromatic N) is 3. The van der Waals surface area contributed by atoms with Crippen LogP contribution in [0.4, 0.5) is 10.7 Å². The van der Waals surface area contributed by atoms with E-state index in [1.807, 2.05) is 0 Å². The van der Waals surface area contributed by atoms with E-state index in [0.717, 1.165) is 0 Å². The molecule has 2 N–H and O–H groups in total. The minimum Gasteiger partial charge on any atom is -0.332 e. The lowest BCUT2D eigenvalue weighted by molar-refractivity contribution is 0.253. The fourth-order valence-electron chi connectivity index (χ4n) is 1.07. The number of aromatic amines is 1. The van der Waals surface area contributed by atoms with Crippen LogP contribution < -0.4 is 10.9 Å². The number of hydrogen-bond acceptors (Lipinski definition) is 4. The van der Waals surface area contributed by atoms with Crippen molar-refractivity contribution in [2.24, 2.45) is 0 Å². The molecule has 0 radical (unpaired) electrons. The maximum Gasteiger partial charge on any atom is 0.333 e. The summed E-state index contributed by atoms with van der Waals surface area (Å²) in [5, 5.41) is 2.43. The van der Waals surface area contributed by atoms with Gasteiger partial charge in [0, 0.05) is 24.2 Å². The van der Waals surface area contributed by atoms with E-state index in [1.165, 1.54) is 29.5 Å². The fourth-order valence-corrected chi connectivity index (χ4v) is 1.07. The van der Waals surface area contributed by atoms with Gasteiger partial charge in [0.15, 0.2) is 0 Å². The largest absolute Gasteiger partial charge is 0.333 e. The summed E-state index contributed by atoms with van der Waals surface area (Å²) in [6.45, 7) is 1.63. The van der Waals surface area contributed by atoms with Gasteiger partial charge in [0.2, 0.25) is 5.95 Å². The number of imidazole rings is 1. The van der Waals surface area contributed by atoms with Crippen molar-refractivity contribution in [1.29, 1.82) is 0 Å². The van der Waals surface area contributed by atoms with Crippen molar-refractivity contribution < 1.29 is 4.79 Å². The van der Waals surface area contributed by atoms with E-state index in [9.17, 15) is 9.59 Å². The highest BCUT2D eigenvalue weighted by molar-refractivity contribution is 5.88. The number of hydrogen-bond donors (Lipinski definition) is 2. The van der Waals surface area contributed by atoms with Gasteiger partial charge in [-0.25, -0.2) is 9.78 Å². The predicted molar refractivity (Wildman–Crippen MR) is 56.2 cm³/mol. The summed E-state index contributed by atoms with van der Waals surface area (Å²) in [6.07, 6.45) is 5.80. The molecular formula is C9H9N5O2. The van der Waals surface area contributed by atoms with Crippen molar-refractivity contribution in [3.8, 4) is 0 Å². The number of H-pyrrole nitrogens is 1. The minimum absolute atomic E-state index is 0.106. The molecule has 0 aliphatic carbocycles. The van der Waals surface area contributed by atoms with Crippen LogP contribution in [0, 0.1) is 6.92 Å². The van der Waals surface area contributed by atoms with Crippen molar-refractivity contribution >= 4 is 12.0 Å². The zero-order chi connectivity index (χ0) is 11.5. The van der Waals surface area contributed by atoms with E-state index in [2.05, 4.69) is 20.3 Å². The highest BCUT2D eigenvalue weighted by Gasteiger charge is 2.05. The maximum atomic E-state index is 11.5. The minimum atomic E-state index is -0.440. The van der Waals surface area contributed by atoms with Gasteiger partial charge in [-0.15, -0.1) is 0 Å². The Hall–Kier alpha value is -2.44. The summed E-state index contributed by atoms with van der Waals surface area (Å²) < 4.78 is 1.24. The molecule has 1 amide bonds. The van der Waals surface area contributed by atoms with Gasteiger partial charge in [-0.05, 0) is 6.92 Å². The molecule has 0 aliphatic heterocycles. The van der Waals surface area contributed by atoms with E-state index in [-0.39, 0.29) is 11.5 Å². The Kier molecular flexibility index (Phi) is 2.50. The molecule has 0 aliphatic rings. The van der Waals surface area contributed by atoms with Gasteiger partial charge < -0.3 is 4.98 Å². The van der Waals surface area contributed by atoms with Gasteiger partial charge in [0.05, 0.1) is 0 Å². The normalized spacial score (nSPS) is 10.1. The molecule has 0 bridgehead atoms. The molecular weight excluding hydrogens is 210 g/mol. The molecule has 7 nitrogen and oxygen atoms in total. The third-order valence-electron chi connectivity index (χ3n) is 1.94. The number of aryl methyl sites for hydroxylation is 1. The summed E-state index contributed by atoms with van der Waals surface area (Å²) >= 11 is 0. The molecule has 0 saturated carbocycles. The zero-order valence-electron chi connectivity index (χ0n) is 8.47. The molecule has 0 fully saturated rings. The number of amides is 1. The topological polar surface area (TPSA) is 92.7 Å². The molecule has 0 saturated heterocycles. The summed E-state index contributed by atoms with van der Waals surface area (Å²) in [4.78, 5) is 32.8. The van der Waals surface area contributed by atoms with Gasteiger partial charge >= 0.3 is 6.03 Å². The van der Waals surface area contributed by atoms with Gasteiger partial charge in [-0.2, -0.15) is 4.98 Å². The molecule has 2 aromatic rings. The number of rotatable bonds is 1. The Morgan fingerprint density at radius 1 is 1.56 bits per heavy atom. The summed E-state index contributed by atoms with van der Waals surface area (Å²) in [7, 11) is 0. The highest BCUT2D eigenvalue weighted by atomic mass is 16.2. The second kappa shape index (κ2) is 3.97. The third-order valence-corrected chi connectivity index (χ3v) is 1.94. The van der Waals surface area contributed by atoms with Crippen LogP contribution >= 0.6 is 0 Å². The molecule has 7 heteroatoms. The van der Waals surface area contributed by atoms with Crippen molar-refractivity contribution in [1.82, 2.24) is 19.5 Å². The van der Waals surface area contributed by atoms with E-state index >= 15 is 0 Å². The predicted octanol–water partition coefficient (Wildman–Crippen LogP) is 0.355. The molecule has 0 aromatic carbocycles. The Bertz CT molecular complexity index is 558. The van der Waals surface area contributed by atoms with E-state index in [1.54, 1.807) is 6.92 Å². The SMILES string of the molecule is Cc1c[nH]c(NC(=O)n2ccnc2)nc1=O. The number of anilines is 1. The van der Waals surface area contributed by atoms with Crippen LogP contribution in [0.5, 0.6) is 0 Å². The Balaban J connectivity index is 2.19. The zero-order valence-corrected chi connectivity index (χ0v) is 8.47. The molecule has 2 heterocycles. The van der Waals surface area contributed by atoms with E-state index in [0.29, 0.717) is 5.56 Å². The van der Waals surface area contributed by atoms with Crippen LogP contribution in [0.1, 0.15) is 5.56 Å². The lowest BCUT2D eigenvalue weighted by Gasteiger charge is -2.03. The van der Waals surface area contributed by atoms with Gasteiger partial charge in [0.25, 0.3) is 5.56 Å². The monoisotopic (exact) mass is 219 g/mol. The number of carbonyl (C=O) groups excluding carboxylic acids is 1. The van der Waals surface area contributed by atoms with Crippen LogP contribution in [0.2, 0.25) is 0 Å². The Labute approximate surface area is 90.2 Å². The molecule has 2 aromatic heterocycles. The van der Waals surface area contributed by atoms with Crippen molar-refractivity contribution in [3.63, 3.8) is 0 Å². The fraction of sp³-hybridized carbons (Fsp3) is 0.111. The summed E-state index contributed by atoms with van der Waals surface area (Å²) in [5.74, 6) is 0.106. The average Bonchev–Trinajstić information content (AvgIpc) is 2.77. The first-order valence-corrected chi connectivity index (χ1v) is 4.52. The third kappa shape index (κ3) is 1.97. The number of nitrogens with one attached hydrogen (secondary N) is 2.